The van der Waals surface area contributed by atoms with E-state index >= 15 is 0 Å². The molecule has 0 atom stereocenters. The quantitative estimate of drug-likeness (QED) is 0.646. The summed E-state index contributed by atoms with van der Waals surface area (Å²) in [6.07, 6.45) is -5.05. The van der Waals surface area contributed by atoms with E-state index in [1.54, 1.807) is 13.8 Å². The second kappa shape index (κ2) is 6.51. The van der Waals surface area contributed by atoms with Crippen LogP contribution in [0.3, 0.4) is 0 Å². The van der Waals surface area contributed by atoms with Gasteiger partial charge in [0.1, 0.15) is 6.16 Å². The molecule has 0 spiro atoms. The van der Waals surface area contributed by atoms with Gasteiger partial charge in [0, 0.05) is 0 Å². The van der Waals surface area contributed by atoms with Crippen molar-refractivity contribution in [3.05, 3.63) is 0 Å². The molecule has 0 aliphatic heterocycles. The summed E-state index contributed by atoms with van der Waals surface area (Å²) in [7, 11) is -4.00. The van der Waals surface area contributed by atoms with Gasteiger partial charge in [0.15, 0.2) is 0 Å². The van der Waals surface area contributed by atoms with Crippen molar-refractivity contribution in [2.24, 2.45) is 0 Å². The summed E-state index contributed by atoms with van der Waals surface area (Å²) in [5.41, 5.74) is 0. The van der Waals surface area contributed by atoms with Crippen LogP contribution in [-0.2, 0) is 13.6 Å². The maximum Gasteiger partial charge on any atom is 0.400 e. The Hall–Kier alpha value is -0.0600. The van der Waals surface area contributed by atoms with Gasteiger partial charge in [0.2, 0.25) is 0 Å². The molecule has 0 aliphatic rings. The van der Waals surface area contributed by atoms with Gasteiger partial charge < -0.3 is 9.05 Å². The second-order valence-electron chi connectivity index (χ2n) is 3.05. The van der Waals surface area contributed by atoms with E-state index in [4.69, 9.17) is 0 Å². The van der Waals surface area contributed by atoms with E-state index in [9.17, 15) is 17.7 Å². The standard InChI is InChI=1S/C8H16F3O3P/c1-3-5-13-15(12,14-6-4-2)7-8(9,10)11/h3-7H2,1-2H3. The number of hydrogen-bond donors (Lipinski definition) is 0. The lowest BCUT2D eigenvalue weighted by molar-refractivity contribution is -0.110. The number of halogens is 3. The third kappa shape index (κ3) is 7.82. The SMILES string of the molecule is CCCOP(=O)(CC(F)(F)F)OCCC. The average Bonchev–Trinajstić information content (AvgIpc) is 2.09. The zero-order chi connectivity index (χ0) is 11.9. The molecule has 7 heteroatoms. The van der Waals surface area contributed by atoms with Gasteiger partial charge >= 0.3 is 13.8 Å². The van der Waals surface area contributed by atoms with Crippen LogP contribution in [0.5, 0.6) is 0 Å². The predicted molar refractivity (Wildman–Crippen MR) is 51.0 cm³/mol. The predicted octanol–water partition coefficient (Wildman–Crippen LogP) is 3.60. The molecule has 0 saturated carbocycles. The highest BCUT2D eigenvalue weighted by atomic mass is 31.2. The highest BCUT2D eigenvalue weighted by molar-refractivity contribution is 7.53. The van der Waals surface area contributed by atoms with Gasteiger partial charge in [0.25, 0.3) is 0 Å². The smallest absolute Gasteiger partial charge is 0.308 e. The molecular weight excluding hydrogens is 232 g/mol. The molecule has 0 N–H and O–H groups in total. The zero-order valence-electron chi connectivity index (χ0n) is 8.84. The number of alkyl halides is 3. The van der Waals surface area contributed by atoms with Crippen LogP contribution in [-0.4, -0.2) is 25.6 Å². The van der Waals surface area contributed by atoms with Crippen molar-refractivity contribution in [3.8, 4) is 0 Å². The maximum absolute atomic E-state index is 12.1. The van der Waals surface area contributed by atoms with E-state index in [2.05, 4.69) is 9.05 Å². The molecule has 0 aromatic rings. The molecule has 15 heavy (non-hydrogen) atoms. The molecule has 0 heterocycles. The van der Waals surface area contributed by atoms with Gasteiger partial charge in [-0.1, -0.05) is 13.8 Å². The molecule has 0 saturated heterocycles. The summed E-state index contributed by atoms with van der Waals surface area (Å²) in [5.74, 6) is 0. The van der Waals surface area contributed by atoms with Crippen LogP contribution in [0.15, 0.2) is 0 Å². The highest BCUT2D eigenvalue weighted by Crippen LogP contribution is 2.52. The lowest BCUT2D eigenvalue weighted by atomic mass is 10.5. The molecule has 0 rings (SSSR count). The lowest BCUT2D eigenvalue weighted by Gasteiger charge is -2.19. The summed E-state index contributed by atoms with van der Waals surface area (Å²) in [4.78, 5) is 0. The van der Waals surface area contributed by atoms with Crippen molar-refractivity contribution in [2.75, 3.05) is 19.4 Å². The van der Waals surface area contributed by atoms with E-state index < -0.39 is 19.9 Å². The first-order valence-corrected chi connectivity index (χ1v) is 6.50. The van der Waals surface area contributed by atoms with E-state index in [-0.39, 0.29) is 13.2 Å². The van der Waals surface area contributed by atoms with Gasteiger partial charge in [-0.15, -0.1) is 0 Å². The van der Waals surface area contributed by atoms with E-state index in [1.807, 2.05) is 0 Å². The lowest BCUT2D eigenvalue weighted by Crippen LogP contribution is -2.17. The average molecular weight is 248 g/mol. The monoisotopic (exact) mass is 248 g/mol. The Morgan fingerprint density at radius 1 is 1.07 bits per heavy atom. The first kappa shape index (κ1) is 14.9. The van der Waals surface area contributed by atoms with Crippen LogP contribution >= 0.6 is 7.60 Å². The Kier molecular flexibility index (Phi) is 6.48. The topological polar surface area (TPSA) is 35.5 Å². The maximum atomic E-state index is 12.1. The summed E-state index contributed by atoms with van der Waals surface area (Å²) < 4.78 is 57.1. The largest absolute Gasteiger partial charge is 0.400 e. The second-order valence-corrected chi connectivity index (χ2v) is 5.11. The summed E-state index contributed by atoms with van der Waals surface area (Å²) in [5, 5.41) is 0. The van der Waals surface area contributed by atoms with Crippen LogP contribution < -0.4 is 0 Å². The molecule has 0 bridgehead atoms. The van der Waals surface area contributed by atoms with Crippen LogP contribution in [0.2, 0.25) is 0 Å². The Labute approximate surface area is 87.5 Å². The van der Waals surface area contributed by atoms with Crippen LogP contribution in [0.1, 0.15) is 26.7 Å². The molecule has 3 nitrogen and oxygen atoms in total. The van der Waals surface area contributed by atoms with Gasteiger partial charge in [-0.25, -0.2) is 0 Å². The highest BCUT2D eigenvalue weighted by Gasteiger charge is 2.41. The summed E-state index contributed by atoms with van der Waals surface area (Å²) in [6, 6.07) is 0. The number of rotatable bonds is 7. The molecular formula is C8H16F3O3P. The number of hydrogen-bond acceptors (Lipinski definition) is 3. The summed E-state index contributed by atoms with van der Waals surface area (Å²) in [6.45, 7) is 3.46. The molecule has 0 radical (unpaired) electrons. The minimum Gasteiger partial charge on any atom is -0.308 e. The Bertz CT molecular complexity index is 206. The minimum atomic E-state index is -4.53. The molecule has 0 amide bonds. The summed E-state index contributed by atoms with van der Waals surface area (Å²) >= 11 is 0. The molecule has 0 aromatic carbocycles. The Morgan fingerprint density at radius 3 is 1.73 bits per heavy atom. The molecule has 0 fully saturated rings. The van der Waals surface area contributed by atoms with Crippen LogP contribution in [0.25, 0.3) is 0 Å². The van der Waals surface area contributed by atoms with Crippen molar-refractivity contribution in [1.82, 2.24) is 0 Å². The van der Waals surface area contributed by atoms with Crippen molar-refractivity contribution in [2.45, 2.75) is 32.9 Å². The van der Waals surface area contributed by atoms with Gasteiger partial charge in [-0.3, -0.25) is 4.57 Å². The first-order valence-electron chi connectivity index (χ1n) is 4.78. The third-order valence-corrected chi connectivity index (χ3v) is 3.25. The van der Waals surface area contributed by atoms with Crippen LogP contribution in [0, 0.1) is 0 Å². The Morgan fingerprint density at radius 2 is 1.47 bits per heavy atom. The van der Waals surface area contributed by atoms with Crippen LogP contribution in [0.4, 0.5) is 13.2 Å². The normalized spacial score (nSPS) is 13.1. The van der Waals surface area contributed by atoms with Gasteiger partial charge in [-0.05, 0) is 12.8 Å². The van der Waals surface area contributed by atoms with Crippen molar-refractivity contribution >= 4 is 7.60 Å². The van der Waals surface area contributed by atoms with E-state index in [0.717, 1.165) is 0 Å². The zero-order valence-corrected chi connectivity index (χ0v) is 9.74. The first-order chi connectivity index (χ1) is 6.83. The van der Waals surface area contributed by atoms with Crippen molar-refractivity contribution in [1.29, 1.82) is 0 Å². The molecule has 0 aromatic heterocycles. The Balaban J connectivity index is 4.34. The van der Waals surface area contributed by atoms with E-state index in [0.29, 0.717) is 12.8 Å². The third-order valence-electron chi connectivity index (χ3n) is 1.36. The fraction of sp³-hybridized carbons (Fsp3) is 1.00. The van der Waals surface area contributed by atoms with Gasteiger partial charge in [0.05, 0.1) is 13.2 Å². The van der Waals surface area contributed by atoms with Crippen molar-refractivity contribution < 1.29 is 26.8 Å². The minimum absolute atomic E-state index is 0.0110. The molecule has 0 aliphatic carbocycles. The molecule has 92 valence electrons. The fourth-order valence-corrected chi connectivity index (χ4v) is 2.43. The van der Waals surface area contributed by atoms with Gasteiger partial charge in [-0.2, -0.15) is 13.2 Å². The van der Waals surface area contributed by atoms with Crippen molar-refractivity contribution in [3.63, 3.8) is 0 Å². The molecule has 0 unspecified atom stereocenters. The van der Waals surface area contributed by atoms with E-state index in [1.165, 1.54) is 0 Å². The fourth-order valence-electron chi connectivity index (χ4n) is 0.809.